The van der Waals surface area contributed by atoms with Crippen molar-refractivity contribution in [3.05, 3.63) is 23.0 Å². The number of hydrogen-bond donors (Lipinski definition) is 1. The van der Waals surface area contributed by atoms with Crippen molar-refractivity contribution in [3.8, 4) is 0 Å². The number of imidazole rings is 1. The van der Waals surface area contributed by atoms with Gasteiger partial charge in [-0.3, -0.25) is 0 Å². The second-order valence-corrected chi connectivity index (χ2v) is 5.67. The van der Waals surface area contributed by atoms with Crippen LogP contribution in [0, 0.1) is 5.82 Å². The number of nitrogens with two attached hydrogens (primary N) is 1. The Kier molecular flexibility index (Phi) is 2.52. The van der Waals surface area contributed by atoms with Crippen molar-refractivity contribution >= 4 is 28.6 Å². The molecule has 0 radical (unpaired) electrons. The Labute approximate surface area is 110 Å². The summed E-state index contributed by atoms with van der Waals surface area (Å²) in [5, 5.41) is 0.116. The van der Waals surface area contributed by atoms with Crippen LogP contribution in [0.5, 0.6) is 0 Å². The predicted octanol–water partition coefficient (Wildman–Crippen LogP) is 3.70. The topological polar surface area (TPSA) is 43.8 Å². The van der Waals surface area contributed by atoms with E-state index in [4.69, 9.17) is 17.3 Å². The minimum absolute atomic E-state index is 0.0278. The van der Waals surface area contributed by atoms with Gasteiger partial charge in [-0.25, -0.2) is 9.37 Å². The molecule has 1 aliphatic carbocycles. The van der Waals surface area contributed by atoms with Gasteiger partial charge in [0.2, 0.25) is 5.95 Å². The standard InChI is InChI=1S/C13H15ClFN3/c1-13(4-2-3-5-13)18-11-6-8(14)9(15)7-10(11)17-12(18)16/h6-7H,2-5H2,1H3,(H2,16,17). The van der Waals surface area contributed by atoms with Crippen LogP contribution < -0.4 is 5.73 Å². The molecule has 18 heavy (non-hydrogen) atoms. The van der Waals surface area contributed by atoms with E-state index in [1.54, 1.807) is 6.07 Å². The van der Waals surface area contributed by atoms with Crippen molar-refractivity contribution in [1.29, 1.82) is 0 Å². The van der Waals surface area contributed by atoms with Gasteiger partial charge in [-0.2, -0.15) is 0 Å². The lowest BCUT2D eigenvalue weighted by atomic mass is 10.00. The zero-order chi connectivity index (χ0) is 12.9. The molecule has 96 valence electrons. The molecule has 0 aliphatic heterocycles. The lowest BCUT2D eigenvalue weighted by Gasteiger charge is -2.27. The van der Waals surface area contributed by atoms with Gasteiger partial charge < -0.3 is 10.3 Å². The number of rotatable bonds is 1. The average molecular weight is 268 g/mol. The molecule has 0 saturated heterocycles. The fraction of sp³-hybridized carbons (Fsp3) is 0.462. The summed E-state index contributed by atoms with van der Waals surface area (Å²) in [6.45, 7) is 2.18. The van der Waals surface area contributed by atoms with Crippen LogP contribution in [0.1, 0.15) is 32.6 Å². The highest BCUT2D eigenvalue weighted by Gasteiger charge is 2.33. The zero-order valence-corrected chi connectivity index (χ0v) is 11.0. The van der Waals surface area contributed by atoms with Crippen molar-refractivity contribution < 1.29 is 4.39 Å². The second-order valence-electron chi connectivity index (χ2n) is 5.26. The highest BCUT2D eigenvalue weighted by Crippen LogP contribution is 2.40. The number of aromatic nitrogens is 2. The van der Waals surface area contributed by atoms with E-state index in [1.807, 2.05) is 4.57 Å². The minimum atomic E-state index is -0.453. The smallest absolute Gasteiger partial charge is 0.201 e. The molecule has 1 aromatic heterocycles. The molecule has 1 fully saturated rings. The number of halogens is 2. The molecular weight excluding hydrogens is 253 g/mol. The van der Waals surface area contributed by atoms with Gasteiger partial charge >= 0.3 is 0 Å². The summed E-state index contributed by atoms with van der Waals surface area (Å²) >= 11 is 5.86. The van der Waals surface area contributed by atoms with Crippen LogP contribution in [-0.4, -0.2) is 9.55 Å². The molecule has 0 amide bonds. The Hall–Kier alpha value is -1.29. The molecular formula is C13H15ClFN3. The number of anilines is 1. The van der Waals surface area contributed by atoms with Crippen molar-refractivity contribution in [3.63, 3.8) is 0 Å². The van der Waals surface area contributed by atoms with Crippen molar-refractivity contribution in [2.45, 2.75) is 38.1 Å². The molecule has 3 nitrogen and oxygen atoms in total. The Morgan fingerprint density at radius 1 is 1.39 bits per heavy atom. The van der Waals surface area contributed by atoms with Crippen LogP contribution in [-0.2, 0) is 5.54 Å². The van der Waals surface area contributed by atoms with E-state index in [-0.39, 0.29) is 10.6 Å². The number of hydrogen-bond acceptors (Lipinski definition) is 2. The first-order chi connectivity index (χ1) is 8.51. The molecule has 1 aliphatic rings. The van der Waals surface area contributed by atoms with Crippen LogP contribution in [0.2, 0.25) is 5.02 Å². The molecule has 0 unspecified atom stereocenters. The average Bonchev–Trinajstić information content (AvgIpc) is 2.84. The van der Waals surface area contributed by atoms with E-state index in [2.05, 4.69) is 11.9 Å². The lowest BCUT2D eigenvalue weighted by Crippen LogP contribution is -2.27. The number of nitrogen functional groups attached to an aromatic ring is 1. The molecule has 2 N–H and O–H groups in total. The largest absolute Gasteiger partial charge is 0.369 e. The van der Waals surface area contributed by atoms with Gasteiger partial charge in [0.05, 0.1) is 16.1 Å². The first-order valence-corrected chi connectivity index (χ1v) is 6.52. The van der Waals surface area contributed by atoms with Gasteiger partial charge in [0.1, 0.15) is 5.82 Å². The Morgan fingerprint density at radius 3 is 2.72 bits per heavy atom. The summed E-state index contributed by atoms with van der Waals surface area (Å²) in [5.41, 5.74) is 7.37. The van der Waals surface area contributed by atoms with Gasteiger partial charge in [-0.15, -0.1) is 0 Å². The van der Waals surface area contributed by atoms with Gasteiger partial charge in [0, 0.05) is 11.6 Å². The van der Waals surface area contributed by atoms with Gasteiger partial charge in [0.15, 0.2) is 0 Å². The second kappa shape index (κ2) is 3.85. The zero-order valence-electron chi connectivity index (χ0n) is 10.2. The summed E-state index contributed by atoms with van der Waals surface area (Å²) < 4.78 is 15.5. The Bertz CT molecular complexity index is 614. The summed E-state index contributed by atoms with van der Waals surface area (Å²) in [7, 11) is 0. The van der Waals surface area contributed by atoms with Crippen LogP contribution in [0.3, 0.4) is 0 Å². The van der Waals surface area contributed by atoms with Crippen LogP contribution >= 0.6 is 11.6 Å². The summed E-state index contributed by atoms with van der Waals surface area (Å²) in [6, 6.07) is 2.97. The van der Waals surface area contributed by atoms with Crippen molar-refractivity contribution in [2.24, 2.45) is 0 Å². The number of nitrogens with zero attached hydrogens (tertiary/aromatic N) is 2. The Morgan fingerprint density at radius 2 is 2.06 bits per heavy atom. The molecule has 0 atom stereocenters. The van der Waals surface area contributed by atoms with E-state index in [0.717, 1.165) is 18.4 Å². The van der Waals surface area contributed by atoms with Crippen LogP contribution in [0.25, 0.3) is 11.0 Å². The van der Waals surface area contributed by atoms with E-state index in [0.29, 0.717) is 11.5 Å². The number of benzene rings is 1. The molecule has 1 saturated carbocycles. The fourth-order valence-electron chi connectivity index (χ4n) is 3.02. The summed E-state index contributed by atoms with van der Waals surface area (Å²) in [6.07, 6.45) is 4.50. The molecule has 3 rings (SSSR count). The highest BCUT2D eigenvalue weighted by molar-refractivity contribution is 6.31. The van der Waals surface area contributed by atoms with E-state index >= 15 is 0 Å². The minimum Gasteiger partial charge on any atom is -0.369 e. The van der Waals surface area contributed by atoms with Gasteiger partial charge in [-0.1, -0.05) is 24.4 Å². The maximum absolute atomic E-state index is 13.4. The molecule has 0 spiro atoms. The molecule has 1 aromatic carbocycles. The SMILES string of the molecule is CC1(n2c(N)nc3cc(F)c(Cl)cc32)CCCC1. The summed E-state index contributed by atoms with van der Waals surface area (Å²) in [4.78, 5) is 4.25. The lowest BCUT2D eigenvalue weighted by molar-refractivity contribution is 0.343. The van der Waals surface area contributed by atoms with Crippen molar-refractivity contribution in [1.82, 2.24) is 9.55 Å². The third-order valence-corrected chi connectivity index (χ3v) is 4.23. The first kappa shape index (κ1) is 11.8. The fourth-order valence-corrected chi connectivity index (χ4v) is 3.18. The highest BCUT2D eigenvalue weighted by atomic mass is 35.5. The molecule has 5 heteroatoms. The van der Waals surface area contributed by atoms with Crippen molar-refractivity contribution in [2.75, 3.05) is 5.73 Å². The van der Waals surface area contributed by atoms with E-state index < -0.39 is 5.82 Å². The van der Waals surface area contributed by atoms with E-state index in [1.165, 1.54) is 18.9 Å². The summed E-state index contributed by atoms with van der Waals surface area (Å²) in [5.74, 6) is -0.0125. The number of fused-ring (bicyclic) bond motifs is 1. The third-order valence-electron chi connectivity index (χ3n) is 3.94. The van der Waals surface area contributed by atoms with Gasteiger partial charge in [-0.05, 0) is 25.8 Å². The Balaban J connectivity index is 2.28. The van der Waals surface area contributed by atoms with Crippen LogP contribution in [0.15, 0.2) is 12.1 Å². The normalized spacial score (nSPS) is 18.6. The molecule has 0 bridgehead atoms. The third kappa shape index (κ3) is 1.59. The predicted molar refractivity (Wildman–Crippen MR) is 71.2 cm³/mol. The first-order valence-electron chi connectivity index (χ1n) is 6.15. The molecule has 1 heterocycles. The van der Waals surface area contributed by atoms with E-state index in [9.17, 15) is 4.39 Å². The maximum Gasteiger partial charge on any atom is 0.201 e. The monoisotopic (exact) mass is 267 g/mol. The van der Waals surface area contributed by atoms with Crippen LogP contribution in [0.4, 0.5) is 10.3 Å². The maximum atomic E-state index is 13.4. The quantitative estimate of drug-likeness (QED) is 0.856. The molecule has 2 aromatic rings. The van der Waals surface area contributed by atoms with Gasteiger partial charge in [0.25, 0.3) is 0 Å².